The van der Waals surface area contributed by atoms with Gasteiger partial charge < -0.3 is 0 Å². The molecule has 8 bridgehead atoms. The summed E-state index contributed by atoms with van der Waals surface area (Å²) < 4.78 is 0. The van der Waals surface area contributed by atoms with Crippen molar-refractivity contribution in [2.24, 2.45) is 0 Å². The molecule has 0 radical (unpaired) electrons. The fourth-order valence-corrected chi connectivity index (χ4v) is 11.3. The van der Waals surface area contributed by atoms with E-state index in [1.807, 2.05) is 0 Å². The maximum atomic E-state index is 2.46. The number of hydrogen-bond acceptors (Lipinski definition) is 0. The Morgan fingerprint density at radius 1 is 0.173 bits per heavy atom. The monoisotopic (exact) mass is 664 g/mol. The summed E-state index contributed by atoms with van der Waals surface area (Å²) in [6, 6.07) is 74.5. The molecule has 0 aliphatic heterocycles. The van der Waals surface area contributed by atoms with Crippen molar-refractivity contribution >= 4 is 21.5 Å². The van der Waals surface area contributed by atoms with Gasteiger partial charge in [-0.1, -0.05) is 194 Å². The molecule has 0 heteroatoms. The van der Waals surface area contributed by atoms with Gasteiger partial charge in [-0.3, -0.25) is 0 Å². The van der Waals surface area contributed by atoms with Gasteiger partial charge >= 0.3 is 0 Å². The number of hydrogen-bond donors (Lipinski definition) is 0. The van der Waals surface area contributed by atoms with E-state index >= 15 is 0 Å². The summed E-state index contributed by atoms with van der Waals surface area (Å²) in [5, 5.41) is 5.69. The van der Waals surface area contributed by atoms with Crippen molar-refractivity contribution in [1.82, 2.24) is 0 Å². The minimum atomic E-state index is 0.333. The van der Waals surface area contributed by atoms with Gasteiger partial charge in [0.2, 0.25) is 0 Å². The highest BCUT2D eigenvalue weighted by Crippen LogP contribution is 2.70. The van der Waals surface area contributed by atoms with Crippen molar-refractivity contribution in [2.75, 3.05) is 0 Å². The van der Waals surface area contributed by atoms with Gasteiger partial charge in [-0.15, -0.1) is 0 Å². The molecule has 8 unspecified atom stereocenters. The molecule has 0 nitrogen and oxygen atoms in total. The average molecular weight is 665 g/mol. The molecule has 248 valence electrons. The van der Waals surface area contributed by atoms with E-state index in [9.17, 15) is 0 Å². The van der Waals surface area contributed by atoms with E-state index in [4.69, 9.17) is 0 Å². The van der Waals surface area contributed by atoms with Gasteiger partial charge in [-0.2, -0.15) is 0 Å². The molecule has 8 atom stereocenters. The minimum absolute atomic E-state index is 0.333. The van der Waals surface area contributed by atoms with Gasteiger partial charge in [-0.25, -0.2) is 0 Å². The zero-order valence-corrected chi connectivity index (χ0v) is 29.1. The van der Waals surface area contributed by atoms with E-state index in [2.05, 4.69) is 194 Å². The van der Waals surface area contributed by atoms with Gasteiger partial charge in [0.05, 0.1) is 0 Å². The summed E-state index contributed by atoms with van der Waals surface area (Å²) in [7, 11) is 0. The fourth-order valence-electron chi connectivity index (χ4n) is 11.3. The van der Waals surface area contributed by atoms with Crippen LogP contribution in [0.5, 0.6) is 0 Å². The van der Waals surface area contributed by atoms with Crippen LogP contribution in [0.1, 0.15) is 91.9 Å². The Morgan fingerprint density at radius 3 is 0.596 bits per heavy atom. The number of fused-ring (bicyclic) bond motifs is 6. The summed E-state index contributed by atoms with van der Waals surface area (Å²) in [4.78, 5) is 0. The van der Waals surface area contributed by atoms with E-state index in [1.54, 1.807) is 0 Å². The van der Waals surface area contributed by atoms with Crippen molar-refractivity contribution in [1.29, 1.82) is 0 Å². The summed E-state index contributed by atoms with van der Waals surface area (Å²) in [6.45, 7) is 0. The number of rotatable bonds is 4. The van der Waals surface area contributed by atoms with Gasteiger partial charge in [0.15, 0.2) is 0 Å². The van der Waals surface area contributed by atoms with Crippen LogP contribution in [0.3, 0.4) is 0 Å². The second-order valence-corrected chi connectivity index (χ2v) is 15.4. The molecule has 3 aliphatic carbocycles. The normalized spacial score (nSPS) is 25.7. The Bertz CT molecular complexity index is 2190. The van der Waals surface area contributed by atoms with Gasteiger partial charge in [-0.05, 0) is 113 Å². The molecule has 2 fully saturated rings. The molecule has 0 spiro atoms. The Hall–Kier alpha value is -5.72. The van der Waals surface area contributed by atoms with E-state index in [-0.39, 0.29) is 0 Å². The molecule has 3 aliphatic rings. The molecule has 0 aromatic heterocycles. The largest absolute Gasteiger partial charge is 0.0622 e. The van der Waals surface area contributed by atoms with Crippen LogP contribution in [0.15, 0.2) is 194 Å². The first kappa shape index (κ1) is 30.0. The highest BCUT2D eigenvalue weighted by Gasteiger charge is 2.56. The molecule has 2 saturated carbocycles. The molecular formula is C52H40. The second-order valence-electron chi connectivity index (χ2n) is 15.4. The third kappa shape index (κ3) is 4.34. The first-order valence-corrected chi connectivity index (χ1v) is 19.1. The van der Waals surface area contributed by atoms with Crippen molar-refractivity contribution in [3.05, 3.63) is 239 Å². The zero-order valence-electron chi connectivity index (χ0n) is 29.1. The predicted molar refractivity (Wildman–Crippen MR) is 216 cm³/mol. The van der Waals surface area contributed by atoms with E-state index in [1.165, 1.54) is 66.1 Å². The lowest BCUT2D eigenvalue weighted by molar-refractivity contribution is 0.229. The first-order valence-electron chi connectivity index (χ1n) is 19.1. The van der Waals surface area contributed by atoms with Crippen LogP contribution >= 0.6 is 0 Å². The summed E-state index contributed by atoms with van der Waals surface area (Å²) in [5.74, 6) is 2.78. The molecule has 0 amide bonds. The van der Waals surface area contributed by atoms with Crippen LogP contribution in [0.25, 0.3) is 21.5 Å². The van der Waals surface area contributed by atoms with Crippen molar-refractivity contribution < 1.29 is 0 Å². The second kappa shape index (κ2) is 11.9. The Kier molecular flexibility index (Phi) is 6.87. The molecular weight excluding hydrogens is 625 g/mol. The van der Waals surface area contributed by atoms with E-state index in [0.29, 0.717) is 47.3 Å². The highest BCUT2D eigenvalue weighted by molar-refractivity contribution is 5.94. The maximum absolute atomic E-state index is 2.46. The lowest BCUT2D eigenvalue weighted by Gasteiger charge is -2.56. The number of benzene rings is 8. The average Bonchev–Trinajstić information content (AvgIpc) is 3.19. The molecule has 52 heavy (non-hydrogen) atoms. The molecule has 0 heterocycles. The van der Waals surface area contributed by atoms with Crippen LogP contribution in [-0.4, -0.2) is 0 Å². The molecule has 0 saturated heterocycles. The Balaban J connectivity index is 1.24. The molecule has 8 aromatic rings. The fraction of sp³-hybridized carbons (Fsp3) is 0.154. The quantitative estimate of drug-likeness (QED) is 0.176. The minimum Gasteiger partial charge on any atom is -0.0622 e. The topological polar surface area (TPSA) is 0 Å². The van der Waals surface area contributed by atoms with Crippen LogP contribution in [0, 0.1) is 0 Å². The SMILES string of the molecule is c1ccc(C2C(c3ccccc3)C3c4cccc5c(cccc45)C4C(c5ccccc5)C(c5ccccc5)C4c4cccc5c(cccc45)C23)cc1. The van der Waals surface area contributed by atoms with Gasteiger partial charge in [0, 0.05) is 0 Å². The highest BCUT2D eigenvalue weighted by atomic mass is 14.6. The summed E-state index contributed by atoms with van der Waals surface area (Å²) in [5.41, 5.74) is 11.7. The summed E-state index contributed by atoms with van der Waals surface area (Å²) in [6.07, 6.45) is 0. The first-order chi connectivity index (χ1) is 25.9. The Morgan fingerprint density at radius 2 is 0.385 bits per heavy atom. The molecule has 11 rings (SSSR count). The van der Waals surface area contributed by atoms with E-state index in [0.717, 1.165) is 0 Å². The van der Waals surface area contributed by atoms with E-state index < -0.39 is 0 Å². The summed E-state index contributed by atoms with van der Waals surface area (Å²) >= 11 is 0. The van der Waals surface area contributed by atoms with Crippen LogP contribution in [0.2, 0.25) is 0 Å². The molecule has 0 N–H and O–H groups in total. The van der Waals surface area contributed by atoms with Crippen LogP contribution in [-0.2, 0) is 0 Å². The van der Waals surface area contributed by atoms with Crippen LogP contribution in [0.4, 0.5) is 0 Å². The van der Waals surface area contributed by atoms with Crippen molar-refractivity contribution in [3.8, 4) is 0 Å². The smallest absolute Gasteiger partial charge is 0.000568 e. The maximum Gasteiger partial charge on any atom is -0.000568 e. The van der Waals surface area contributed by atoms with Crippen LogP contribution < -0.4 is 0 Å². The zero-order chi connectivity index (χ0) is 34.2. The van der Waals surface area contributed by atoms with Gasteiger partial charge in [0.1, 0.15) is 0 Å². The lowest BCUT2D eigenvalue weighted by Crippen LogP contribution is -2.41. The Labute approximate surface area is 306 Å². The third-order valence-electron chi connectivity index (χ3n) is 13.2. The third-order valence-corrected chi connectivity index (χ3v) is 13.2. The lowest BCUT2D eigenvalue weighted by atomic mass is 9.47. The van der Waals surface area contributed by atoms with Crippen molar-refractivity contribution in [3.63, 3.8) is 0 Å². The van der Waals surface area contributed by atoms with Crippen molar-refractivity contribution in [2.45, 2.75) is 47.3 Å². The predicted octanol–water partition coefficient (Wildman–Crippen LogP) is 13.2. The van der Waals surface area contributed by atoms with Gasteiger partial charge in [0.25, 0.3) is 0 Å². The molecule has 8 aromatic carbocycles. The standard InChI is InChI=1S/C52H40/c1-5-17-33(18-6-1)45-46(34-19-7-2-8-20-34)50-42-30-15-28-40-39(42)27-16-32-44(40)52-48(36-23-11-4-12-24-36)47(35-21-9-3-10-22-35)51(52)43-31-14-25-37-38(43)26-13-29-41(37)49(45)50/h1-32,45-52H.